The van der Waals surface area contributed by atoms with Gasteiger partial charge in [0.1, 0.15) is 18.2 Å². The summed E-state index contributed by atoms with van der Waals surface area (Å²) in [4.78, 5) is 26.1. The molecule has 1 aliphatic carbocycles. The van der Waals surface area contributed by atoms with Crippen molar-refractivity contribution in [3.05, 3.63) is 68.6 Å². The molecule has 1 saturated carbocycles. The van der Waals surface area contributed by atoms with Gasteiger partial charge in [0.15, 0.2) is 5.82 Å². The van der Waals surface area contributed by atoms with Crippen LogP contribution < -0.4 is 10.4 Å². The normalized spacial score (nSPS) is 13.3. The molecule has 9 heteroatoms. The first kappa shape index (κ1) is 22.1. The number of benzene rings is 2. The molecular weight excluding hydrogens is 435 g/mol. The maximum atomic E-state index is 14.9. The molecule has 1 heterocycles. The van der Waals surface area contributed by atoms with Crippen LogP contribution in [-0.2, 0) is 13.7 Å². The number of hydrogen-bond donors (Lipinski definition) is 1. The van der Waals surface area contributed by atoms with Crippen molar-refractivity contribution in [1.82, 2.24) is 19.7 Å². The minimum Gasteiger partial charge on any atom is -0.485 e. The predicted octanol–water partition coefficient (Wildman–Crippen LogP) is 3.94. The Morgan fingerprint density at radius 2 is 2.06 bits per heavy atom. The second kappa shape index (κ2) is 8.78. The summed E-state index contributed by atoms with van der Waals surface area (Å²) < 4.78 is 22.1. The Labute approximate surface area is 189 Å². The minimum atomic E-state index is -0.497. The fourth-order valence-electron chi connectivity index (χ4n) is 3.49. The van der Waals surface area contributed by atoms with E-state index >= 15 is 0 Å². The second-order valence-electron chi connectivity index (χ2n) is 8.21. The average Bonchev–Trinajstić information content (AvgIpc) is 3.53. The summed E-state index contributed by atoms with van der Waals surface area (Å²) in [5.41, 5.74) is 1.41. The molecule has 0 aliphatic heterocycles. The van der Waals surface area contributed by atoms with Gasteiger partial charge in [-0.25, -0.2) is 14.3 Å². The minimum absolute atomic E-state index is 0.00627. The molecular formula is C23H24ClFN4O3. The van der Waals surface area contributed by atoms with Gasteiger partial charge in [0, 0.05) is 42.4 Å². The molecule has 1 amide bonds. The van der Waals surface area contributed by atoms with Gasteiger partial charge in [-0.15, -0.1) is 0 Å². The zero-order valence-corrected chi connectivity index (χ0v) is 18.9. The van der Waals surface area contributed by atoms with E-state index in [1.54, 1.807) is 31.1 Å². The van der Waals surface area contributed by atoms with Gasteiger partial charge in [0.2, 0.25) is 0 Å². The van der Waals surface area contributed by atoms with Crippen molar-refractivity contribution in [2.24, 2.45) is 13.0 Å². The van der Waals surface area contributed by atoms with Crippen molar-refractivity contribution >= 4 is 17.5 Å². The zero-order valence-electron chi connectivity index (χ0n) is 18.1. The Morgan fingerprint density at radius 3 is 2.72 bits per heavy atom. The average molecular weight is 459 g/mol. The Balaban J connectivity index is 1.68. The highest BCUT2D eigenvalue weighted by Crippen LogP contribution is 2.37. The SMILES string of the molecule is Cc1cc(OCc2n[nH]c(=O)n2C)c(-c2cc(C(=O)N(C)CC3CC3)ccc2F)cc1Cl. The van der Waals surface area contributed by atoms with Crippen LogP contribution in [0.25, 0.3) is 11.1 Å². The number of carbonyl (C=O) groups excluding carboxylic acids is 1. The largest absolute Gasteiger partial charge is 0.485 e. The van der Waals surface area contributed by atoms with Crippen molar-refractivity contribution in [3.8, 4) is 16.9 Å². The highest BCUT2D eigenvalue weighted by atomic mass is 35.5. The number of nitrogens with zero attached hydrogens (tertiary/aromatic N) is 3. The van der Waals surface area contributed by atoms with Crippen LogP contribution in [-0.4, -0.2) is 39.2 Å². The Bertz CT molecular complexity index is 1230. The van der Waals surface area contributed by atoms with E-state index in [4.69, 9.17) is 16.3 Å². The third-order valence-corrected chi connectivity index (χ3v) is 6.08. The number of nitrogens with one attached hydrogen (secondary N) is 1. The number of rotatable bonds is 7. The first-order chi connectivity index (χ1) is 15.2. The molecule has 0 saturated heterocycles. The summed E-state index contributed by atoms with van der Waals surface area (Å²) in [5.74, 6) is 0.656. The van der Waals surface area contributed by atoms with Gasteiger partial charge in [-0.2, -0.15) is 5.10 Å². The number of halogens is 2. The number of hydrogen-bond acceptors (Lipinski definition) is 4. The number of carbonyl (C=O) groups is 1. The zero-order chi connectivity index (χ0) is 23.0. The summed E-state index contributed by atoms with van der Waals surface area (Å²) in [6.07, 6.45) is 2.27. The van der Waals surface area contributed by atoms with Gasteiger partial charge in [0.05, 0.1) is 0 Å². The number of amides is 1. The predicted molar refractivity (Wildman–Crippen MR) is 119 cm³/mol. The van der Waals surface area contributed by atoms with E-state index in [1.165, 1.54) is 22.8 Å². The van der Waals surface area contributed by atoms with Crippen LogP contribution in [0.15, 0.2) is 35.1 Å². The van der Waals surface area contributed by atoms with Crippen molar-refractivity contribution < 1.29 is 13.9 Å². The molecule has 0 unspecified atom stereocenters. The molecule has 2 aromatic carbocycles. The lowest BCUT2D eigenvalue weighted by Crippen LogP contribution is -2.28. The van der Waals surface area contributed by atoms with E-state index in [1.807, 2.05) is 6.92 Å². The van der Waals surface area contributed by atoms with Gasteiger partial charge in [-0.1, -0.05) is 11.6 Å². The molecule has 1 fully saturated rings. The number of H-pyrrole nitrogens is 1. The molecule has 1 aromatic heterocycles. The van der Waals surface area contributed by atoms with E-state index in [9.17, 15) is 14.0 Å². The lowest BCUT2D eigenvalue weighted by molar-refractivity contribution is 0.0788. The monoisotopic (exact) mass is 458 g/mol. The Hall–Kier alpha value is -3.13. The summed E-state index contributed by atoms with van der Waals surface area (Å²) in [6.45, 7) is 2.50. The van der Waals surface area contributed by atoms with Crippen LogP contribution in [0, 0.1) is 18.7 Å². The second-order valence-corrected chi connectivity index (χ2v) is 8.62. The van der Waals surface area contributed by atoms with Gasteiger partial charge in [-0.3, -0.25) is 9.36 Å². The fourth-order valence-corrected chi connectivity index (χ4v) is 3.66. The summed E-state index contributed by atoms with van der Waals surface area (Å²) in [7, 11) is 3.33. The van der Waals surface area contributed by atoms with E-state index in [0.717, 1.165) is 18.4 Å². The van der Waals surface area contributed by atoms with Crippen LogP contribution in [0.1, 0.15) is 34.6 Å². The molecule has 7 nitrogen and oxygen atoms in total. The van der Waals surface area contributed by atoms with Crippen LogP contribution in [0.3, 0.4) is 0 Å². The standard InChI is InChI=1S/C23H24ClFN4O3/c1-13-8-20(32-12-21-26-27-23(31)29(21)3)17(10-18(13)24)16-9-15(6-7-19(16)25)22(30)28(2)11-14-4-5-14/h6-10,14H,4-5,11-12H2,1-3H3,(H,27,31). The first-order valence-electron chi connectivity index (χ1n) is 10.3. The highest BCUT2D eigenvalue weighted by Gasteiger charge is 2.26. The molecule has 4 rings (SSSR count). The van der Waals surface area contributed by atoms with Crippen molar-refractivity contribution in [2.45, 2.75) is 26.4 Å². The molecule has 3 aromatic rings. The van der Waals surface area contributed by atoms with Gasteiger partial charge >= 0.3 is 5.69 Å². The highest BCUT2D eigenvalue weighted by molar-refractivity contribution is 6.31. The maximum absolute atomic E-state index is 14.9. The van der Waals surface area contributed by atoms with Gasteiger partial charge in [0.25, 0.3) is 5.91 Å². The number of aromatic nitrogens is 3. The van der Waals surface area contributed by atoms with Crippen molar-refractivity contribution in [3.63, 3.8) is 0 Å². The fraction of sp³-hybridized carbons (Fsp3) is 0.348. The van der Waals surface area contributed by atoms with Gasteiger partial charge < -0.3 is 9.64 Å². The molecule has 32 heavy (non-hydrogen) atoms. The lowest BCUT2D eigenvalue weighted by Gasteiger charge is -2.18. The summed E-state index contributed by atoms with van der Waals surface area (Å²) in [5, 5.41) is 6.72. The third kappa shape index (κ3) is 4.55. The molecule has 0 atom stereocenters. The van der Waals surface area contributed by atoms with Crippen LogP contribution in [0.4, 0.5) is 4.39 Å². The van der Waals surface area contributed by atoms with E-state index in [0.29, 0.717) is 40.2 Å². The molecule has 1 aliphatic rings. The maximum Gasteiger partial charge on any atom is 0.343 e. The molecule has 0 spiro atoms. The quantitative estimate of drug-likeness (QED) is 0.581. The van der Waals surface area contributed by atoms with E-state index < -0.39 is 5.82 Å². The molecule has 168 valence electrons. The van der Waals surface area contributed by atoms with Crippen LogP contribution >= 0.6 is 11.6 Å². The number of aryl methyl sites for hydroxylation is 1. The third-order valence-electron chi connectivity index (χ3n) is 5.67. The van der Waals surface area contributed by atoms with Crippen LogP contribution in [0.5, 0.6) is 5.75 Å². The van der Waals surface area contributed by atoms with Gasteiger partial charge in [-0.05, 0) is 61.6 Å². The van der Waals surface area contributed by atoms with E-state index in [2.05, 4.69) is 10.2 Å². The molecule has 1 N–H and O–H groups in total. The van der Waals surface area contributed by atoms with Crippen molar-refractivity contribution in [1.29, 1.82) is 0 Å². The first-order valence-corrected chi connectivity index (χ1v) is 10.7. The topological polar surface area (TPSA) is 80.2 Å². The molecule has 0 radical (unpaired) electrons. The summed E-state index contributed by atoms with van der Waals surface area (Å²) >= 11 is 6.33. The van der Waals surface area contributed by atoms with Crippen LogP contribution in [0.2, 0.25) is 5.02 Å². The Morgan fingerprint density at radius 1 is 1.31 bits per heavy atom. The number of ether oxygens (including phenoxy) is 1. The smallest absolute Gasteiger partial charge is 0.343 e. The summed E-state index contributed by atoms with van der Waals surface area (Å²) in [6, 6.07) is 7.62. The Kier molecular flexibility index (Phi) is 6.06. The number of aromatic amines is 1. The molecule has 0 bridgehead atoms. The van der Waals surface area contributed by atoms with E-state index in [-0.39, 0.29) is 23.8 Å². The lowest BCUT2D eigenvalue weighted by atomic mass is 9.99. The van der Waals surface area contributed by atoms with Crippen molar-refractivity contribution in [2.75, 3.05) is 13.6 Å².